The van der Waals surface area contributed by atoms with Crippen LogP contribution in [0.4, 0.5) is 0 Å². The molecule has 0 aliphatic heterocycles. The van der Waals surface area contributed by atoms with Crippen LogP contribution in [0.2, 0.25) is 0 Å². The number of benzene rings is 7. The van der Waals surface area contributed by atoms with Crippen LogP contribution in [-0.4, -0.2) is 24.5 Å². The Morgan fingerprint density at radius 3 is 1.59 bits per heavy atom. The lowest BCUT2D eigenvalue weighted by Crippen LogP contribution is -2.00. The summed E-state index contributed by atoms with van der Waals surface area (Å²) < 4.78 is 2.37. The number of pyridine rings is 1. The lowest BCUT2D eigenvalue weighted by atomic mass is 9.95. The molecule has 10 aromatic rings. The zero-order valence-electron chi connectivity index (χ0n) is 27.5. The summed E-state index contributed by atoms with van der Waals surface area (Å²) in [5, 5.41) is 5.86. The first kappa shape index (κ1) is 29.0. The molecular weight excluding hydrogens is 623 g/mol. The SMILES string of the molecule is c1ccc(-c2nc(-c3ccccc3)nc(-c3cccc(-c4nc5ccccc5c5c4ccc4c5c5ccccc5n4-c4ccccc4)c3)n2)cc1. The topological polar surface area (TPSA) is 56.5 Å². The van der Waals surface area contributed by atoms with Gasteiger partial charge in [-0.1, -0.05) is 140 Å². The van der Waals surface area contributed by atoms with E-state index in [-0.39, 0.29) is 0 Å². The maximum atomic E-state index is 5.33. The summed E-state index contributed by atoms with van der Waals surface area (Å²) in [6, 6.07) is 60.9. The van der Waals surface area contributed by atoms with E-state index >= 15 is 0 Å². The van der Waals surface area contributed by atoms with Gasteiger partial charge in [0.1, 0.15) is 0 Å². The van der Waals surface area contributed by atoms with E-state index in [1.807, 2.05) is 60.7 Å². The monoisotopic (exact) mass is 651 g/mol. The molecule has 0 fully saturated rings. The summed E-state index contributed by atoms with van der Waals surface area (Å²) in [7, 11) is 0. The van der Waals surface area contributed by atoms with Gasteiger partial charge in [-0.25, -0.2) is 19.9 Å². The molecule has 5 heteroatoms. The number of rotatable bonds is 5. The summed E-state index contributed by atoms with van der Waals surface area (Å²) >= 11 is 0. The average molecular weight is 652 g/mol. The molecule has 0 atom stereocenters. The number of aromatic nitrogens is 5. The first-order chi connectivity index (χ1) is 25.3. The van der Waals surface area contributed by atoms with Gasteiger partial charge in [-0.15, -0.1) is 0 Å². The molecule has 0 N–H and O–H groups in total. The Morgan fingerprint density at radius 2 is 0.882 bits per heavy atom. The van der Waals surface area contributed by atoms with E-state index in [4.69, 9.17) is 19.9 Å². The second-order valence-electron chi connectivity index (χ2n) is 12.7. The van der Waals surface area contributed by atoms with Crippen molar-refractivity contribution in [2.75, 3.05) is 0 Å². The van der Waals surface area contributed by atoms with Crippen LogP contribution in [0.3, 0.4) is 0 Å². The number of hydrogen-bond acceptors (Lipinski definition) is 4. The van der Waals surface area contributed by atoms with Crippen LogP contribution in [0.15, 0.2) is 176 Å². The zero-order valence-corrected chi connectivity index (χ0v) is 27.5. The summed E-state index contributed by atoms with van der Waals surface area (Å²) in [5.74, 6) is 1.88. The maximum absolute atomic E-state index is 5.33. The Hall–Kier alpha value is -6.98. The van der Waals surface area contributed by atoms with Gasteiger partial charge in [0.25, 0.3) is 0 Å². The molecule has 0 saturated carbocycles. The molecule has 7 aromatic carbocycles. The summed E-state index contributed by atoms with van der Waals surface area (Å²) in [6.45, 7) is 0. The van der Waals surface area contributed by atoms with E-state index in [0.717, 1.165) is 55.4 Å². The van der Waals surface area contributed by atoms with E-state index in [2.05, 4.69) is 120 Å². The first-order valence-corrected chi connectivity index (χ1v) is 17.1. The van der Waals surface area contributed by atoms with Gasteiger partial charge in [-0.05, 0) is 36.4 Å². The molecule has 0 aliphatic rings. The van der Waals surface area contributed by atoms with Crippen LogP contribution >= 0.6 is 0 Å². The van der Waals surface area contributed by atoms with Crippen molar-refractivity contribution in [2.45, 2.75) is 0 Å². The van der Waals surface area contributed by atoms with Crippen LogP contribution < -0.4 is 0 Å². The Bertz CT molecular complexity index is 2840. The standard InChI is InChI=1S/C46H29N5/c1-4-15-30(16-5-1)44-48-45(31-17-6-2-7-18-31)50-46(49-44)33-20-14-19-32(29-33)43-37-27-28-40-42(41(37)35-23-10-12-25-38(35)47-43)36-24-11-13-26-39(36)51(40)34-21-8-3-9-22-34/h1-29H. The molecule has 0 aliphatic carbocycles. The van der Waals surface area contributed by atoms with E-state index in [9.17, 15) is 0 Å². The molecule has 0 spiro atoms. The third kappa shape index (κ3) is 4.86. The average Bonchev–Trinajstić information content (AvgIpc) is 3.56. The molecule has 10 rings (SSSR count). The molecule has 0 radical (unpaired) electrons. The van der Waals surface area contributed by atoms with Crippen molar-refractivity contribution in [3.05, 3.63) is 176 Å². The van der Waals surface area contributed by atoms with Crippen LogP contribution in [-0.2, 0) is 0 Å². The lowest BCUT2D eigenvalue weighted by Gasteiger charge is -2.13. The highest BCUT2D eigenvalue weighted by atomic mass is 15.0. The minimum atomic E-state index is 0.614. The first-order valence-electron chi connectivity index (χ1n) is 17.1. The van der Waals surface area contributed by atoms with Gasteiger partial charge in [0, 0.05) is 54.9 Å². The van der Waals surface area contributed by atoms with Gasteiger partial charge < -0.3 is 4.57 Å². The van der Waals surface area contributed by atoms with E-state index < -0.39 is 0 Å². The second kappa shape index (κ2) is 11.9. The number of para-hydroxylation sites is 3. The number of fused-ring (bicyclic) bond motifs is 7. The summed E-state index contributed by atoms with van der Waals surface area (Å²) in [6.07, 6.45) is 0. The highest BCUT2D eigenvalue weighted by Crippen LogP contribution is 2.42. The van der Waals surface area contributed by atoms with Gasteiger partial charge in [0.05, 0.1) is 22.2 Å². The van der Waals surface area contributed by atoms with Crippen molar-refractivity contribution in [3.8, 4) is 51.1 Å². The highest BCUT2D eigenvalue weighted by Gasteiger charge is 2.20. The Kier molecular flexibility index (Phi) is 6.74. The molecule has 0 bridgehead atoms. The predicted octanol–water partition coefficient (Wildman–Crippen LogP) is 11.3. The van der Waals surface area contributed by atoms with Gasteiger partial charge in [-0.2, -0.15) is 0 Å². The van der Waals surface area contributed by atoms with E-state index in [1.165, 1.54) is 21.7 Å². The van der Waals surface area contributed by atoms with Crippen LogP contribution in [0.5, 0.6) is 0 Å². The molecular formula is C46H29N5. The van der Waals surface area contributed by atoms with Crippen molar-refractivity contribution < 1.29 is 0 Å². The van der Waals surface area contributed by atoms with Gasteiger partial charge >= 0.3 is 0 Å². The van der Waals surface area contributed by atoms with Crippen molar-refractivity contribution in [1.82, 2.24) is 24.5 Å². The van der Waals surface area contributed by atoms with Gasteiger partial charge in [0.15, 0.2) is 17.5 Å². The van der Waals surface area contributed by atoms with E-state index in [1.54, 1.807) is 0 Å². The fourth-order valence-corrected chi connectivity index (χ4v) is 7.32. The number of nitrogens with zero attached hydrogens (tertiary/aromatic N) is 5. The molecule has 51 heavy (non-hydrogen) atoms. The minimum Gasteiger partial charge on any atom is -0.309 e. The Labute approximate surface area is 294 Å². The molecule has 3 aromatic heterocycles. The third-order valence-electron chi connectivity index (χ3n) is 9.61. The van der Waals surface area contributed by atoms with Crippen molar-refractivity contribution in [1.29, 1.82) is 0 Å². The molecule has 5 nitrogen and oxygen atoms in total. The van der Waals surface area contributed by atoms with Crippen LogP contribution in [0.1, 0.15) is 0 Å². The quantitative estimate of drug-likeness (QED) is 0.174. The van der Waals surface area contributed by atoms with Crippen molar-refractivity contribution in [2.24, 2.45) is 0 Å². The van der Waals surface area contributed by atoms with Crippen LogP contribution in [0.25, 0.3) is 94.6 Å². The zero-order chi connectivity index (χ0) is 33.7. The lowest BCUT2D eigenvalue weighted by molar-refractivity contribution is 1.07. The largest absolute Gasteiger partial charge is 0.309 e. The van der Waals surface area contributed by atoms with Crippen molar-refractivity contribution >= 4 is 43.5 Å². The van der Waals surface area contributed by atoms with Crippen molar-refractivity contribution in [3.63, 3.8) is 0 Å². The normalized spacial score (nSPS) is 11.5. The molecule has 238 valence electrons. The second-order valence-corrected chi connectivity index (χ2v) is 12.7. The smallest absolute Gasteiger partial charge is 0.164 e. The molecule has 0 amide bonds. The third-order valence-corrected chi connectivity index (χ3v) is 9.61. The van der Waals surface area contributed by atoms with Gasteiger partial charge in [-0.3, -0.25) is 0 Å². The maximum Gasteiger partial charge on any atom is 0.164 e. The van der Waals surface area contributed by atoms with Crippen LogP contribution in [0, 0.1) is 0 Å². The summed E-state index contributed by atoms with van der Waals surface area (Å²) in [4.78, 5) is 20.2. The predicted molar refractivity (Wildman–Crippen MR) is 209 cm³/mol. The van der Waals surface area contributed by atoms with Gasteiger partial charge in [0.2, 0.25) is 0 Å². The molecule has 0 unspecified atom stereocenters. The molecule has 3 heterocycles. The summed E-state index contributed by atoms with van der Waals surface area (Å²) in [5.41, 5.74) is 9.12. The minimum absolute atomic E-state index is 0.614. The fourth-order valence-electron chi connectivity index (χ4n) is 7.32. The fraction of sp³-hybridized carbons (Fsp3) is 0. The van der Waals surface area contributed by atoms with E-state index in [0.29, 0.717) is 17.5 Å². The molecule has 0 saturated heterocycles. The Balaban J connectivity index is 1.22. The Morgan fingerprint density at radius 1 is 0.333 bits per heavy atom. The number of hydrogen-bond donors (Lipinski definition) is 0. The highest BCUT2D eigenvalue weighted by molar-refractivity contribution is 6.29.